The SMILES string of the molecule is CC(CCCCCCCCCCC(O)CC(=O)O)OC1OC(C)C(O)CC1O. The van der Waals surface area contributed by atoms with E-state index in [9.17, 15) is 20.1 Å². The Morgan fingerprint density at radius 3 is 2.11 bits per heavy atom. The highest BCUT2D eigenvalue weighted by Crippen LogP contribution is 2.23. The van der Waals surface area contributed by atoms with Crippen molar-refractivity contribution in [3.8, 4) is 0 Å². The Kier molecular flexibility index (Phi) is 12.9. The van der Waals surface area contributed by atoms with E-state index < -0.39 is 30.6 Å². The molecule has 1 saturated heterocycles. The number of carbonyl (C=O) groups is 1. The Morgan fingerprint density at radius 1 is 1.00 bits per heavy atom. The van der Waals surface area contributed by atoms with Crippen molar-refractivity contribution < 1.29 is 34.7 Å². The summed E-state index contributed by atoms with van der Waals surface area (Å²) < 4.78 is 11.3. The number of rotatable bonds is 15. The number of unbranched alkanes of at least 4 members (excludes halogenated alkanes) is 7. The standard InChI is InChI=1S/C21H40O7/c1-15(27-21-19(24)14-18(23)16(2)28-21)11-9-7-5-3-4-6-8-10-12-17(22)13-20(25)26/h15-19,21-24H,3-14H2,1-2H3,(H,25,26). The molecule has 6 unspecified atom stereocenters. The lowest BCUT2D eigenvalue weighted by atomic mass is 10.0. The first kappa shape index (κ1) is 25.3. The highest BCUT2D eigenvalue weighted by molar-refractivity contribution is 5.67. The topological polar surface area (TPSA) is 116 Å². The highest BCUT2D eigenvalue weighted by Gasteiger charge is 2.35. The Morgan fingerprint density at radius 2 is 1.54 bits per heavy atom. The fourth-order valence-electron chi connectivity index (χ4n) is 3.54. The molecule has 0 aromatic rings. The fourth-order valence-corrected chi connectivity index (χ4v) is 3.54. The van der Waals surface area contributed by atoms with E-state index in [0.717, 1.165) is 38.5 Å². The molecule has 0 radical (unpaired) electrons. The van der Waals surface area contributed by atoms with Crippen LogP contribution >= 0.6 is 0 Å². The quantitative estimate of drug-likeness (QED) is 0.310. The van der Waals surface area contributed by atoms with Gasteiger partial charge < -0.3 is 29.9 Å². The van der Waals surface area contributed by atoms with Gasteiger partial charge in [0.05, 0.1) is 30.8 Å². The average molecular weight is 405 g/mol. The van der Waals surface area contributed by atoms with E-state index in [2.05, 4.69) is 0 Å². The molecule has 1 fully saturated rings. The number of carboxylic acids is 1. The number of aliphatic hydroxyl groups excluding tert-OH is 3. The zero-order valence-electron chi connectivity index (χ0n) is 17.5. The van der Waals surface area contributed by atoms with E-state index in [-0.39, 0.29) is 25.0 Å². The molecule has 1 aliphatic heterocycles. The number of aliphatic carboxylic acids is 1. The van der Waals surface area contributed by atoms with E-state index in [1.54, 1.807) is 6.92 Å². The monoisotopic (exact) mass is 404 g/mol. The van der Waals surface area contributed by atoms with Crippen LogP contribution in [0.3, 0.4) is 0 Å². The molecule has 1 heterocycles. The van der Waals surface area contributed by atoms with Gasteiger partial charge in [0, 0.05) is 6.42 Å². The Hall–Kier alpha value is -0.730. The summed E-state index contributed by atoms with van der Waals surface area (Å²) in [5, 5.41) is 37.7. The molecule has 0 aromatic heterocycles. The first-order valence-corrected chi connectivity index (χ1v) is 10.9. The number of hydrogen-bond acceptors (Lipinski definition) is 6. The molecule has 0 aromatic carbocycles. The second kappa shape index (κ2) is 14.3. The van der Waals surface area contributed by atoms with Gasteiger partial charge in [0.2, 0.25) is 0 Å². The average Bonchev–Trinajstić information content (AvgIpc) is 2.60. The van der Waals surface area contributed by atoms with Gasteiger partial charge in [-0.2, -0.15) is 0 Å². The minimum Gasteiger partial charge on any atom is -0.481 e. The molecule has 7 nitrogen and oxygen atoms in total. The van der Waals surface area contributed by atoms with Crippen LogP contribution < -0.4 is 0 Å². The number of hydrogen-bond donors (Lipinski definition) is 4. The van der Waals surface area contributed by atoms with Crippen molar-refractivity contribution in [3.05, 3.63) is 0 Å². The molecular formula is C21H40O7. The number of ether oxygens (including phenoxy) is 2. The smallest absolute Gasteiger partial charge is 0.305 e. The first-order valence-electron chi connectivity index (χ1n) is 10.9. The molecule has 4 N–H and O–H groups in total. The fraction of sp³-hybridized carbons (Fsp3) is 0.952. The van der Waals surface area contributed by atoms with Crippen molar-refractivity contribution in [2.75, 3.05) is 0 Å². The van der Waals surface area contributed by atoms with Gasteiger partial charge in [-0.1, -0.05) is 51.4 Å². The molecule has 0 aliphatic carbocycles. The number of aliphatic hydroxyl groups is 3. The molecule has 0 spiro atoms. The van der Waals surface area contributed by atoms with Gasteiger partial charge in [0.15, 0.2) is 6.29 Å². The maximum atomic E-state index is 10.5. The molecule has 7 heteroatoms. The van der Waals surface area contributed by atoms with E-state index in [4.69, 9.17) is 14.6 Å². The predicted molar refractivity (Wildman–Crippen MR) is 106 cm³/mol. The summed E-state index contributed by atoms with van der Waals surface area (Å²) in [5.41, 5.74) is 0. The van der Waals surface area contributed by atoms with Crippen molar-refractivity contribution in [1.29, 1.82) is 0 Å². The lowest BCUT2D eigenvalue weighted by Gasteiger charge is -2.36. The maximum Gasteiger partial charge on any atom is 0.305 e. The van der Waals surface area contributed by atoms with Crippen LogP contribution in [0.2, 0.25) is 0 Å². The summed E-state index contributed by atoms with van der Waals surface area (Å²) in [6, 6.07) is 0. The minimum absolute atomic E-state index is 0.0133. The summed E-state index contributed by atoms with van der Waals surface area (Å²) in [6.07, 6.45) is 7.34. The Balaban J connectivity index is 1.93. The van der Waals surface area contributed by atoms with Gasteiger partial charge in [-0.15, -0.1) is 0 Å². The van der Waals surface area contributed by atoms with Gasteiger partial charge in [-0.3, -0.25) is 4.79 Å². The Bertz CT molecular complexity index is 418. The maximum absolute atomic E-state index is 10.5. The van der Waals surface area contributed by atoms with Gasteiger partial charge >= 0.3 is 5.97 Å². The minimum atomic E-state index is -0.942. The van der Waals surface area contributed by atoms with Crippen LogP contribution in [-0.2, 0) is 14.3 Å². The van der Waals surface area contributed by atoms with Crippen LogP contribution in [0.5, 0.6) is 0 Å². The summed E-state index contributed by atoms with van der Waals surface area (Å²) in [5.74, 6) is -0.942. The lowest BCUT2D eigenvalue weighted by molar-refractivity contribution is -0.273. The normalized spacial score (nSPS) is 27.5. The van der Waals surface area contributed by atoms with Gasteiger partial charge in [-0.05, 0) is 26.7 Å². The van der Waals surface area contributed by atoms with Crippen molar-refractivity contribution >= 4 is 5.97 Å². The van der Waals surface area contributed by atoms with Gasteiger partial charge in [0.25, 0.3) is 0 Å². The van der Waals surface area contributed by atoms with Crippen LogP contribution in [-0.4, -0.2) is 63.2 Å². The molecule has 1 rings (SSSR count). The predicted octanol–water partition coefficient (Wildman–Crippen LogP) is 2.98. The molecule has 28 heavy (non-hydrogen) atoms. The molecule has 0 bridgehead atoms. The van der Waals surface area contributed by atoms with Gasteiger partial charge in [0.1, 0.15) is 6.10 Å². The zero-order valence-corrected chi connectivity index (χ0v) is 17.5. The molecular weight excluding hydrogens is 364 g/mol. The first-order chi connectivity index (χ1) is 13.3. The van der Waals surface area contributed by atoms with Crippen LogP contribution in [0, 0.1) is 0 Å². The second-order valence-electron chi connectivity index (χ2n) is 8.18. The van der Waals surface area contributed by atoms with Crippen molar-refractivity contribution in [2.24, 2.45) is 0 Å². The van der Waals surface area contributed by atoms with E-state index in [0.29, 0.717) is 6.42 Å². The zero-order chi connectivity index (χ0) is 20.9. The molecule has 166 valence electrons. The second-order valence-corrected chi connectivity index (χ2v) is 8.18. The lowest BCUT2D eigenvalue weighted by Crippen LogP contribution is -2.48. The third-order valence-electron chi connectivity index (χ3n) is 5.36. The molecule has 6 atom stereocenters. The van der Waals surface area contributed by atoms with Crippen molar-refractivity contribution in [2.45, 2.75) is 128 Å². The summed E-state index contributed by atoms with van der Waals surface area (Å²) in [4.78, 5) is 10.5. The molecule has 1 aliphatic rings. The van der Waals surface area contributed by atoms with Crippen molar-refractivity contribution in [1.82, 2.24) is 0 Å². The Labute approximate surface area is 169 Å². The van der Waals surface area contributed by atoms with Crippen LogP contribution in [0.15, 0.2) is 0 Å². The summed E-state index contributed by atoms with van der Waals surface area (Å²) in [6.45, 7) is 3.78. The molecule has 0 amide bonds. The van der Waals surface area contributed by atoms with E-state index in [1.165, 1.54) is 19.3 Å². The van der Waals surface area contributed by atoms with E-state index >= 15 is 0 Å². The van der Waals surface area contributed by atoms with Crippen LogP contribution in [0.25, 0.3) is 0 Å². The molecule has 0 saturated carbocycles. The van der Waals surface area contributed by atoms with Gasteiger partial charge in [-0.25, -0.2) is 0 Å². The summed E-state index contributed by atoms with van der Waals surface area (Å²) in [7, 11) is 0. The highest BCUT2D eigenvalue weighted by atomic mass is 16.7. The van der Waals surface area contributed by atoms with Crippen LogP contribution in [0.1, 0.15) is 90.9 Å². The third kappa shape index (κ3) is 11.3. The third-order valence-corrected chi connectivity index (χ3v) is 5.36. The largest absolute Gasteiger partial charge is 0.481 e. The summed E-state index contributed by atoms with van der Waals surface area (Å²) >= 11 is 0. The van der Waals surface area contributed by atoms with Crippen LogP contribution in [0.4, 0.5) is 0 Å². The van der Waals surface area contributed by atoms with E-state index in [1.807, 2.05) is 6.92 Å². The van der Waals surface area contributed by atoms with Crippen molar-refractivity contribution in [3.63, 3.8) is 0 Å². The number of carboxylic acid groups (broad SMARTS) is 1.